The maximum absolute atomic E-state index is 12.5. The number of nitrogens with one attached hydrogen (secondary N) is 1. The van der Waals surface area contributed by atoms with Gasteiger partial charge in [-0.3, -0.25) is 0 Å². The van der Waals surface area contributed by atoms with Crippen molar-refractivity contribution >= 4 is 11.7 Å². The van der Waals surface area contributed by atoms with Gasteiger partial charge in [-0.2, -0.15) is 9.61 Å². The van der Waals surface area contributed by atoms with Crippen molar-refractivity contribution in [1.29, 1.82) is 0 Å². The highest BCUT2D eigenvalue weighted by atomic mass is 16.5. The molecule has 8 heteroatoms. The minimum absolute atomic E-state index is 0.0578. The number of ether oxygens (including phenoxy) is 1. The van der Waals surface area contributed by atoms with Crippen LogP contribution in [0.4, 0.5) is 4.79 Å². The number of nitrogens with zero attached hydrogens (tertiary/aromatic N) is 5. The molecule has 0 bridgehead atoms. The predicted octanol–water partition coefficient (Wildman–Crippen LogP) is 1.68. The fraction of sp³-hybridized carbons (Fsp3) is 0.684. The third-order valence-corrected chi connectivity index (χ3v) is 6.14. The zero-order valence-electron chi connectivity index (χ0n) is 15.6. The van der Waals surface area contributed by atoms with Crippen LogP contribution < -0.4 is 5.32 Å². The average molecular weight is 370 g/mol. The SMILES string of the molecule is O=C(NC1CCOCC1)N1CCC(c2nnc3cc4c(nn23)CCC4)CC1. The smallest absolute Gasteiger partial charge is 0.317 e. The van der Waals surface area contributed by atoms with Crippen molar-refractivity contribution in [3.05, 3.63) is 23.1 Å². The molecule has 4 heterocycles. The number of hydrogen-bond donors (Lipinski definition) is 1. The van der Waals surface area contributed by atoms with Gasteiger partial charge in [0.2, 0.25) is 0 Å². The Bertz CT molecular complexity index is 836. The molecular formula is C19H26N6O2. The van der Waals surface area contributed by atoms with Crippen molar-refractivity contribution in [1.82, 2.24) is 30.0 Å². The summed E-state index contributed by atoms with van der Waals surface area (Å²) >= 11 is 0. The van der Waals surface area contributed by atoms with E-state index >= 15 is 0 Å². The van der Waals surface area contributed by atoms with Crippen molar-refractivity contribution in [2.24, 2.45) is 0 Å². The first-order valence-corrected chi connectivity index (χ1v) is 10.2. The Morgan fingerprint density at radius 1 is 1.11 bits per heavy atom. The van der Waals surface area contributed by atoms with Crippen molar-refractivity contribution in [3.63, 3.8) is 0 Å². The van der Waals surface area contributed by atoms with Gasteiger partial charge in [0, 0.05) is 38.3 Å². The van der Waals surface area contributed by atoms with E-state index in [0.717, 1.165) is 76.3 Å². The van der Waals surface area contributed by atoms with Gasteiger partial charge < -0.3 is 15.0 Å². The molecule has 0 saturated carbocycles. The van der Waals surface area contributed by atoms with Crippen molar-refractivity contribution in [2.75, 3.05) is 26.3 Å². The number of amides is 2. The third kappa shape index (κ3) is 3.26. The molecule has 3 aliphatic rings. The first-order chi connectivity index (χ1) is 13.3. The van der Waals surface area contributed by atoms with Crippen LogP contribution >= 0.6 is 0 Å². The molecule has 144 valence electrons. The van der Waals surface area contributed by atoms with E-state index in [2.05, 4.69) is 21.6 Å². The normalized spacial score (nSPS) is 21.6. The summed E-state index contributed by atoms with van der Waals surface area (Å²) in [5.74, 6) is 1.25. The lowest BCUT2D eigenvalue weighted by molar-refractivity contribution is 0.0774. The minimum Gasteiger partial charge on any atom is -0.381 e. The summed E-state index contributed by atoms with van der Waals surface area (Å²) in [4.78, 5) is 14.5. The Hall–Kier alpha value is -2.22. The summed E-state index contributed by atoms with van der Waals surface area (Å²) in [7, 11) is 0. The molecule has 8 nitrogen and oxygen atoms in total. The maximum Gasteiger partial charge on any atom is 0.317 e. The van der Waals surface area contributed by atoms with Crippen LogP contribution in [0, 0.1) is 0 Å². The van der Waals surface area contributed by atoms with Gasteiger partial charge in [0.15, 0.2) is 11.5 Å². The van der Waals surface area contributed by atoms with Crippen LogP contribution in [-0.2, 0) is 17.6 Å². The van der Waals surface area contributed by atoms with E-state index in [1.807, 2.05) is 9.42 Å². The van der Waals surface area contributed by atoms with Gasteiger partial charge >= 0.3 is 6.03 Å². The van der Waals surface area contributed by atoms with Crippen LogP contribution in [0.2, 0.25) is 0 Å². The topological polar surface area (TPSA) is 84.6 Å². The molecule has 2 fully saturated rings. The molecule has 1 N–H and O–H groups in total. The van der Waals surface area contributed by atoms with Gasteiger partial charge in [0.05, 0.1) is 5.69 Å². The lowest BCUT2D eigenvalue weighted by Crippen LogP contribution is -2.49. The van der Waals surface area contributed by atoms with Crippen LogP contribution in [-0.4, -0.2) is 63.1 Å². The van der Waals surface area contributed by atoms with E-state index in [-0.39, 0.29) is 12.1 Å². The van der Waals surface area contributed by atoms with E-state index < -0.39 is 0 Å². The first-order valence-electron chi connectivity index (χ1n) is 10.2. The number of fused-ring (bicyclic) bond motifs is 2. The minimum atomic E-state index is 0.0578. The van der Waals surface area contributed by atoms with Crippen molar-refractivity contribution in [3.8, 4) is 0 Å². The number of rotatable bonds is 2. The van der Waals surface area contributed by atoms with Gasteiger partial charge in [-0.1, -0.05) is 0 Å². The van der Waals surface area contributed by atoms with Crippen molar-refractivity contribution in [2.45, 2.75) is 56.9 Å². The van der Waals surface area contributed by atoms with Crippen LogP contribution in [0.1, 0.15) is 55.1 Å². The van der Waals surface area contributed by atoms with Crippen LogP contribution in [0.5, 0.6) is 0 Å². The van der Waals surface area contributed by atoms with Gasteiger partial charge in [0.25, 0.3) is 0 Å². The second-order valence-electron chi connectivity index (χ2n) is 7.90. The highest BCUT2D eigenvalue weighted by Crippen LogP contribution is 2.28. The first kappa shape index (κ1) is 16.9. The number of hydrogen-bond acceptors (Lipinski definition) is 5. The predicted molar refractivity (Wildman–Crippen MR) is 98.7 cm³/mol. The Morgan fingerprint density at radius 2 is 1.93 bits per heavy atom. The van der Waals surface area contributed by atoms with Gasteiger partial charge in [-0.15, -0.1) is 10.2 Å². The molecule has 0 spiro atoms. The van der Waals surface area contributed by atoms with E-state index in [0.29, 0.717) is 5.92 Å². The molecule has 0 aromatic carbocycles. The molecule has 2 aromatic rings. The highest BCUT2D eigenvalue weighted by molar-refractivity contribution is 5.74. The molecule has 2 aromatic heterocycles. The van der Waals surface area contributed by atoms with Crippen LogP contribution in [0.3, 0.4) is 0 Å². The zero-order valence-corrected chi connectivity index (χ0v) is 15.6. The Labute approximate surface area is 158 Å². The number of likely N-dealkylation sites (tertiary alicyclic amines) is 1. The van der Waals surface area contributed by atoms with E-state index in [1.54, 1.807) is 0 Å². The summed E-state index contributed by atoms with van der Waals surface area (Å²) in [6.07, 6.45) is 6.95. The number of piperidine rings is 1. The second kappa shape index (κ2) is 7.07. The molecule has 0 unspecified atom stereocenters. The van der Waals surface area contributed by atoms with Crippen molar-refractivity contribution < 1.29 is 9.53 Å². The maximum atomic E-state index is 12.5. The zero-order chi connectivity index (χ0) is 18.2. The Kier molecular flexibility index (Phi) is 4.43. The number of carbonyl (C=O) groups excluding carboxylic acids is 1. The monoisotopic (exact) mass is 370 g/mol. The highest BCUT2D eigenvalue weighted by Gasteiger charge is 2.29. The molecule has 0 atom stereocenters. The van der Waals surface area contributed by atoms with Crippen LogP contribution in [0.15, 0.2) is 6.07 Å². The number of aryl methyl sites for hydroxylation is 2. The van der Waals surface area contributed by atoms with Gasteiger partial charge in [-0.05, 0) is 56.6 Å². The third-order valence-electron chi connectivity index (χ3n) is 6.14. The van der Waals surface area contributed by atoms with Gasteiger partial charge in [-0.25, -0.2) is 4.79 Å². The Balaban J connectivity index is 1.24. The van der Waals surface area contributed by atoms with Crippen LogP contribution in [0.25, 0.3) is 5.65 Å². The Morgan fingerprint density at radius 3 is 2.74 bits per heavy atom. The molecule has 1 aliphatic carbocycles. The number of urea groups is 1. The van der Waals surface area contributed by atoms with E-state index in [4.69, 9.17) is 9.84 Å². The van der Waals surface area contributed by atoms with Gasteiger partial charge in [0.1, 0.15) is 0 Å². The number of carbonyl (C=O) groups is 1. The summed E-state index contributed by atoms with van der Waals surface area (Å²) in [5.41, 5.74) is 3.36. The fourth-order valence-corrected chi connectivity index (χ4v) is 4.50. The average Bonchev–Trinajstić information content (AvgIpc) is 3.33. The molecule has 27 heavy (non-hydrogen) atoms. The largest absolute Gasteiger partial charge is 0.381 e. The quantitative estimate of drug-likeness (QED) is 0.869. The summed E-state index contributed by atoms with van der Waals surface area (Å²) < 4.78 is 7.30. The molecule has 2 aliphatic heterocycles. The molecule has 0 radical (unpaired) electrons. The summed E-state index contributed by atoms with van der Waals surface area (Å²) in [6, 6.07) is 2.44. The molecule has 2 saturated heterocycles. The molecular weight excluding hydrogens is 344 g/mol. The van der Waals surface area contributed by atoms with E-state index in [9.17, 15) is 4.79 Å². The lowest BCUT2D eigenvalue weighted by atomic mass is 9.96. The van der Waals surface area contributed by atoms with E-state index in [1.165, 1.54) is 17.7 Å². The molecule has 2 amide bonds. The fourth-order valence-electron chi connectivity index (χ4n) is 4.50. The second-order valence-corrected chi connectivity index (χ2v) is 7.90. The standard InChI is InChI=1S/C19H26N6O2/c26-19(20-15-6-10-27-11-7-15)24-8-4-13(5-9-24)18-22-21-17-12-14-2-1-3-16(14)23-25(17)18/h12-13,15H,1-11H2,(H,20,26). The molecule has 5 rings (SSSR count). The lowest BCUT2D eigenvalue weighted by Gasteiger charge is -2.33. The number of aromatic nitrogens is 4. The summed E-state index contributed by atoms with van der Waals surface area (Å²) in [6.45, 7) is 2.98. The summed E-state index contributed by atoms with van der Waals surface area (Å²) in [5, 5.41) is 16.8.